The fourth-order valence-corrected chi connectivity index (χ4v) is 2.38. The summed E-state index contributed by atoms with van der Waals surface area (Å²) in [5.74, 6) is 1.65. The Labute approximate surface area is 158 Å². The zero-order chi connectivity index (χ0) is 18.9. The molecule has 2 aromatic carbocycles. The number of benzene rings is 2. The monoisotopic (exact) mass is 362 g/mol. The van der Waals surface area contributed by atoms with Gasteiger partial charge in [-0.1, -0.05) is 48.0 Å². The van der Waals surface area contributed by atoms with Crippen molar-refractivity contribution in [2.45, 2.75) is 19.9 Å². The molecular formula is C21H22N4O2. The molecule has 1 heterocycles. The fourth-order valence-electron chi connectivity index (χ4n) is 2.38. The van der Waals surface area contributed by atoms with Crippen molar-refractivity contribution < 1.29 is 9.53 Å². The van der Waals surface area contributed by atoms with Crippen molar-refractivity contribution in [3.8, 4) is 5.75 Å². The standard InChI is InChI=1S/C21H22N4O2/c1-16-7-9-17(10-8-16)15-22-19-11-12-20(25-24-19)23-21(26)13-14-27-18-5-3-2-4-6-18/h2-12H,13-15H2,1H3,(H,22,24)(H,23,25,26). The first-order valence-electron chi connectivity index (χ1n) is 8.80. The minimum Gasteiger partial charge on any atom is -0.493 e. The highest BCUT2D eigenvalue weighted by Crippen LogP contribution is 2.11. The number of anilines is 2. The number of rotatable bonds is 8. The molecule has 138 valence electrons. The van der Waals surface area contributed by atoms with Crippen molar-refractivity contribution in [2.75, 3.05) is 17.2 Å². The van der Waals surface area contributed by atoms with E-state index in [-0.39, 0.29) is 12.3 Å². The van der Waals surface area contributed by atoms with Crippen molar-refractivity contribution >= 4 is 17.5 Å². The van der Waals surface area contributed by atoms with E-state index in [9.17, 15) is 4.79 Å². The molecule has 0 saturated carbocycles. The number of hydrogen-bond donors (Lipinski definition) is 2. The quantitative estimate of drug-likeness (QED) is 0.637. The summed E-state index contributed by atoms with van der Waals surface area (Å²) in [4.78, 5) is 12.0. The highest BCUT2D eigenvalue weighted by atomic mass is 16.5. The number of carbonyl (C=O) groups excluding carboxylic acids is 1. The second kappa shape index (κ2) is 9.33. The number of para-hydroxylation sites is 1. The molecule has 27 heavy (non-hydrogen) atoms. The number of amides is 1. The molecule has 6 heteroatoms. The van der Waals surface area contributed by atoms with Gasteiger partial charge in [-0.3, -0.25) is 4.79 Å². The molecule has 0 aliphatic carbocycles. The Hall–Kier alpha value is -3.41. The average Bonchev–Trinajstić information content (AvgIpc) is 2.69. The predicted octanol–water partition coefficient (Wildman–Crippen LogP) is 3.80. The summed E-state index contributed by atoms with van der Waals surface area (Å²) in [6.07, 6.45) is 0.240. The Balaban J connectivity index is 1.41. The highest BCUT2D eigenvalue weighted by molar-refractivity contribution is 5.89. The van der Waals surface area contributed by atoms with E-state index < -0.39 is 0 Å². The van der Waals surface area contributed by atoms with E-state index in [1.165, 1.54) is 5.56 Å². The van der Waals surface area contributed by atoms with Gasteiger partial charge in [0.05, 0.1) is 13.0 Å². The molecule has 0 radical (unpaired) electrons. The van der Waals surface area contributed by atoms with E-state index in [0.717, 1.165) is 11.3 Å². The van der Waals surface area contributed by atoms with Crippen LogP contribution in [-0.2, 0) is 11.3 Å². The first-order valence-corrected chi connectivity index (χ1v) is 8.80. The van der Waals surface area contributed by atoms with Crippen LogP contribution in [0.15, 0.2) is 66.7 Å². The minimum absolute atomic E-state index is 0.166. The third kappa shape index (κ3) is 6.11. The molecule has 0 bridgehead atoms. The van der Waals surface area contributed by atoms with Gasteiger partial charge in [-0.2, -0.15) is 0 Å². The average molecular weight is 362 g/mol. The van der Waals surface area contributed by atoms with Gasteiger partial charge < -0.3 is 15.4 Å². The summed E-state index contributed by atoms with van der Waals surface area (Å²) >= 11 is 0. The van der Waals surface area contributed by atoms with Crippen LogP contribution in [0.5, 0.6) is 5.75 Å². The number of carbonyl (C=O) groups is 1. The zero-order valence-electron chi connectivity index (χ0n) is 15.2. The van der Waals surface area contributed by atoms with Gasteiger partial charge in [-0.15, -0.1) is 10.2 Å². The molecule has 1 amide bonds. The van der Waals surface area contributed by atoms with E-state index in [1.54, 1.807) is 12.1 Å². The number of hydrogen-bond acceptors (Lipinski definition) is 5. The van der Waals surface area contributed by atoms with Crippen LogP contribution < -0.4 is 15.4 Å². The smallest absolute Gasteiger partial charge is 0.229 e. The molecule has 0 fully saturated rings. The Bertz CT molecular complexity index is 850. The molecule has 0 spiro atoms. The van der Waals surface area contributed by atoms with E-state index >= 15 is 0 Å². The van der Waals surface area contributed by atoms with E-state index in [1.807, 2.05) is 30.3 Å². The van der Waals surface area contributed by atoms with Gasteiger partial charge in [0.1, 0.15) is 11.6 Å². The van der Waals surface area contributed by atoms with E-state index in [0.29, 0.717) is 24.8 Å². The molecule has 0 aliphatic rings. The van der Waals surface area contributed by atoms with Crippen LogP contribution >= 0.6 is 0 Å². The van der Waals surface area contributed by atoms with Crippen molar-refractivity contribution in [3.05, 3.63) is 77.9 Å². The van der Waals surface area contributed by atoms with Gasteiger partial charge in [0, 0.05) is 6.54 Å². The molecule has 0 saturated heterocycles. The fraction of sp³-hybridized carbons (Fsp3) is 0.190. The first kappa shape index (κ1) is 18.4. The molecule has 6 nitrogen and oxygen atoms in total. The minimum atomic E-state index is -0.166. The van der Waals surface area contributed by atoms with Gasteiger partial charge in [0.15, 0.2) is 5.82 Å². The molecular weight excluding hydrogens is 340 g/mol. The van der Waals surface area contributed by atoms with Gasteiger partial charge >= 0.3 is 0 Å². The van der Waals surface area contributed by atoms with Crippen LogP contribution in [0.25, 0.3) is 0 Å². The maximum Gasteiger partial charge on any atom is 0.229 e. The third-order valence-electron chi connectivity index (χ3n) is 3.87. The Morgan fingerprint density at radius 3 is 2.33 bits per heavy atom. The number of aryl methyl sites for hydroxylation is 1. The lowest BCUT2D eigenvalue weighted by Gasteiger charge is -2.08. The lowest BCUT2D eigenvalue weighted by molar-refractivity contribution is -0.116. The number of ether oxygens (including phenoxy) is 1. The van der Waals surface area contributed by atoms with Crippen molar-refractivity contribution in [1.29, 1.82) is 0 Å². The Morgan fingerprint density at radius 2 is 1.63 bits per heavy atom. The molecule has 2 N–H and O–H groups in total. The number of aromatic nitrogens is 2. The van der Waals surface area contributed by atoms with Crippen molar-refractivity contribution in [1.82, 2.24) is 10.2 Å². The summed E-state index contributed by atoms with van der Waals surface area (Å²) < 4.78 is 5.51. The van der Waals surface area contributed by atoms with Crippen LogP contribution in [0, 0.1) is 6.92 Å². The predicted molar refractivity (Wildman–Crippen MR) is 106 cm³/mol. The van der Waals surface area contributed by atoms with E-state index in [4.69, 9.17) is 4.74 Å². The Morgan fingerprint density at radius 1 is 0.926 bits per heavy atom. The zero-order valence-corrected chi connectivity index (χ0v) is 15.2. The second-order valence-electron chi connectivity index (χ2n) is 6.10. The SMILES string of the molecule is Cc1ccc(CNc2ccc(NC(=O)CCOc3ccccc3)nn2)cc1. The summed E-state index contributed by atoms with van der Waals surface area (Å²) in [7, 11) is 0. The molecule has 0 atom stereocenters. The maximum atomic E-state index is 12.0. The largest absolute Gasteiger partial charge is 0.493 e. The lowest BCUT2D eigenvalue weighted by atomic mass is 10.1. The number of nitrogens with one attached hydrogen (secondary N) is 2. The summed E-state index contributed by atoms with van der Waals surface area (Å²) in [5, 5.41) is 14.0. The van der Waals surface area contributed by atoms with Crippen LogP contribution in [0.2, 0.25) is 0 Å². The van der Waals surface area contributed by atoms with Crippen LogP contribution in [0.1, 0.15) is 17.5 Å². The molecule has 1 aromatic heterocycles. The van der Waals surface area contributed by atoms with Crippen LogP contribution in [0.3, 0.4) is 0 Å². The van der Waals surface area contributed by atoms with Gasteiger partial charge in [-0.25, -0.2) is 0 Å². The van der Waals surface area contributed by atoms with E-state index in [2.05, 4.69) is 52.0 Å². The van der Waals surface area contributed by atoms with Crippen LogP contribution in [0.4, 0.5) is 11.6 Å². The highest BCUT2D eigenvalue weighted by Gasteiger charge is 2.05. The van der Waals surface area contributed by atoms with Crippen molar-refractivity contribution in [3.63, 3.8) is 0 Å². The summed E-state index contributed by atoms with van der Waals surface area (Å²) in [5.41, 5.74) is 2.39. The normalized spacial score (nSPS) is 10.3. The second-order valence-corrected chi connectivity index (χ2v) is 6.10. The molecule has 0 unspecified atom stereocenters. The van der Waals surface area contributed by atoms with Gasteiger partial charge in [-0.05, 0) is 36.8 Å². The first-order chi connectivity index (χ1) is 13.2. The topological polar surface area (TPSA) is 76.1 Å². The molecule has 3 rings (SSSR count). The Kier molecular flexibility index (Phi) is 6.35. The van der Waals surface area contributed by atoms with Gasteiger partial charge in [0.25, 0.3) is 0 Å². The summed E-state index contributed by atoms with van der Waals surface area (Å²) in [6, 6.07) is 21.2. The lowest BCUT2D eigenvalue weighted by Crippen LogP contribution is -2.16. The molecule has 3 aromatic rings. The van der Waals surface area contributed by atoms with Crippen LogP contribution in [-0.4, -0.2) is 22.7 Å². The van der Waals surface area contributed by atoms with Gasteiger partial charge in [0.2, 0.25) is 5.91 Å². The summed E-state index contributed by atoms with van der Waals surface area (Å²) in [6.45, 7) is 3.03. The number of nitrogens with zero attached hydrogens (tertiary/aromatic N) is 2. The molecule has 0 aliphatic heterocycles. The third-order valence-corrected chi connectivity index (χ3v) is 3.87. The maximum absolute atomic E-state index is 12.0. The van der Waals surface area contributed by atoms with Crippen molar-refractivity contribution in [2.24, 2.45) is 0 Å².